The molecule has 0 saturated heterocycles. The highest BCUT2D eigenvalue weighted by atomic mass is 32.3. The molecule has 1 aromatic heterocycles. The molecule has 83 heavy (non-hydrogen) atoms. The predicted octanol–water partition coefficient (Wildman–Crippen LogP) is 21.4. The Balaban J connectivity index is 0.927. The van der Waals surface area contributed by atoms with Gasteiger partial charge in [-0.25, -0.2) is 0 Å². The summed E-state index contributed by atoms with van der Waals surface area (Å²) in [6.45, 7) is 0. The molecule has 0 radical (unpaired) electrons. The van der Waals surface area contributed by atoms with Crippen LogP contribution in [0.3, 0.4) is 0 Å². The van der Waals surface area contributed by atoms with E-state index >= 15 is 0 Å². The Bertz CT molecular complexity index is 4210. The van der Waals surface area contributed by atoms with Crippen molar-refractivity contribution < 1.29 is 0 Å². The maximum atomic E-state index is 2.46. The van der Waals surface area contributed by atoms with Gasteiger partial charge in [-0.3, -0.25) is 0 Å². The summed E-state index contributed by atoms with van der Waals surface area (Å²) in [5.74, 6) is 0. The minimum Gasteiger partial charge on any atom is -0.310 e. The number of fused-ring (bicyclic) bond motifs is 6. The lowest BCUT2D eigenvalue weighted by atomic mass is 9.68. The third kappa shape index (κ3) is 8.21. The second-order valence-corrected chi connectivity index (χ2v) is 24.3. The van der Waals surface area contributed by atoms with Gasteiger partial charge < -0.3 is 14.4 Å². The molecule has 394 valence electrons. The normalized spacial score (nSPS) is 12.6. The fourth-order valence-corrected chi connectivity index (χ4v) is 17.1. The minimum atomic E-state index is -1.90. The van der Waals surface area contributed by atoms with Crippen LogP contribution in [0, 0.1) is 0 Å². The maximum absolute atomic E-state index is 2.46. The van der Waals surface area contributed by atoms with Crippen molar-refractivity contribution in [1.82, 2.24) is 4.57 Å². The lowest BCUT2D eigenvalue weighted by molar-refractivity contribution is 0.766. The van der Waals surface area contributed by atoms with E-state index in [1.165, 1.54) is 53.0 Å². The molecule has 0 amide bonds. The first-order valence-electron chi connectivity index (χ1n) is 28.5. The van der Waals surface area contributed by atoms with Crippen molar-refractivity contribution in [2.75, 3.05) is 9.80 Å². The van der Waals surface area contributed by atoms with Crippen molar-refractivity contribution >= 4 is 66.0 Å². The monoisotopic (exact) mass is 1080 g/mol. The zero-order chi connectivity index (χ0) is 55.2. The summed E-state index contributed by atoms with van der Waals surface area (Å²) < 4.78 is 2.46. The molecule has 13 aromatic carbocycles. The summed E-state index contributed by atoms with van der Waals surface area (Å²) in [5.41, 5.74) is 16.8. The lowest BCUT2D eigenvalue weighted by Crippen LogP contribution is -2.28. The Hall–Kier alpha value is -10.4. The van der Waals surface area contributed by atoms with Crippen molar-refractivity contribution in [1.29, 1.82) is 0 Å². The third-order valence-corrected chi connectivity index (χ3v) is 20.7. The molecule has 1 aliphatic carbocycles. The summed E-state index contributed by atoms with van der Waals surface area (Å²) in [6, 6.07) is 128. The maximum Gasteiger partial charge on any atom is 0.0713 e. The Morgan fingerprint density at radius 1 is 0.253 bits per heavy atom. The number of anilines is 6. The molecule has 0 N–H and O–H groups in total. The summed E-state index contributed by atoms with van der Waals surface area (Å²) in [4.78, 5) is 9.92. The Morgan fingerprint density at radius 2 is 0.554 bits per heavy atom. The average molecular weight is 1080 g/mol. The molecule has 4 heteroatoms. The van der Waals surface area contributed by atoms with E-state index in [1.54, 1.807) is 0 Å². The van der Waals surface area contributed by atoms with Gasteiger partial charge in [-0.1, -0.05) is 200 Å². The molecule has 1 aliphatic rings. The van der Waals surface area contributed by atoms with Crippen LogP contribution in [0.1, 0.15) is 22.3 Å². The van der Waals surface area contributed by atoms with E-state index < -0.39 is 15.4 Å². The van der Waals surface area contributed by atoms with E-state index in [1.807, 2.05) is 0 Å². The number of hydrogen-bond acceptors (Lipinski definition) is 2. The first-order valence-corrected chi connectivity index (χ1v) is 30.1. The van der Waals surface area contributed by atoms with Gasteiger partial charge in [-0.2, -0.15) is 0 Å². The topological polar surface area (TPSA) is 11.4 Å². The van der Waals surface area contributed by atoms with Crippen LogP contribution in [-0.4, -0.2) is 4.57 Å². The van der Waals surface area contributed by atoms with Crippen LogP contribution in [0.2, 0.25) is 0 Å². The third-order valence-electron chi connectivity index (χ3n) is 16.7. The average Bonchev–Trinajstić information content (AvgIpc) is 2.91. The first kappa shape index (κ1) is 49.6. The molecule has 0 atom stereocenters. The number of hydrogen-bond donors (Lipinski definition) is 0. The summed E-state index contributed by atoms with van der Waals surface area (Å²) in [7, 11) is -1.90. The zero-order valence-corrected chi connectivity index (χ0v) is 46.5. The second kappa shape index (κ2) is 20.9. The van der Waals surface area contributed by atoms with E-state index in [0.29, 0.717) is 0 Å². The van der Waals surface area contributed by atoms with Gasteiger partial charge in [-0.05, 0) is 179 Å². The molecule has 0 saturated carbocycles. The van der Waals surface area contributed by atoms with E-state index in [0.717, 1.165) is 61.6 Å². The van der Waals surface area contributed by atoms with Crippen molar-refractivity contribution in [2.24, 2.45) is 0 Å². The van der Waals surface area contributed by atoms with Gasteiger partial charge >= 0.3 is 0 Å². The van der Waals surface area contributed by atoms with E-state index in [2.05, 4.69) is 360 Å². The second-order valence-electron chi connectivity index (χ2n) is 21.2. The van der Waals surface area contributed by atoms with Crippen LogP contribution in [0.5, 0.6) is 0 Å². The van der Waals surface area contributed by atoms with Gasteiger partial charge in [0.05, 0.1) is 16.4 Å². The molecule has 0 fully saturated rings. The molecule has 14 aromatic rings. The standard InChI is InChI=1S/C79H57N3S/c1-8-26-60(27-9-1)80(61-28-10-2-11-29-61)65-50-54-77-73(56-65)74-57-66(81(62-30-12-3-13-31-62)63-32-14-4-15-33-63)51-55-78(74)82(77)64-48-44-58(45-49-64)79(75-42-24-22-40-71(75)72-41-23-25-43-76(72)79)59-46-52-70(53-47-59)83(67-34-16-5-17-35-67,68-36-18-6-19-37-68)69-38-20-7-21-39-69/h1-57H. The quantitative estimate of drug-likeness (QED) is 0.114. The van der Waals surface area contributed by atoms with Crippen LogP contribution in [0.15, 0.2) is 365 Å². The Morgan fingerprint density at radius 3 is 0.916 bits per heavy atom. The van der Waals surface area contributed by atoms with Gasteiger partial charge in [0.2, 0.25) is 0 Å². The SMILES string of the molecule is c1ccc(N(c2ccccc2)c2ccc3c(c2)c2cc(N(c4ccccc4)c4ccccc4)ccc2n3-c2ccc(C3(c4ccc(S(c5ccccc5)(c5ccccc5)c5ccccc5)cc4)c4ccccc4-c4ccccc43)cc2)cc1. The van der Waals surface area contributed by atoms with Gasteiger partial charge in [0, 0.05) is 70.2 Å². The highest BCUT2D eigenvalue weighted by Gasteiger charge is 2.46. The van der Waals surface area contributed by atoms with Gasteiger partial charge in [0.15, 0.2) is 0 Å². The Kier molecular flexibility index (Phi) is 12.5. The molecule has 15 rings (SSSR count). The zero-order valence-electron chi connectivity index (χ0n) is 45.7. The van der Waals surface area contributed by atoms with Crippen LogP contribution < -0.4 is 9.80 Å². The molecular formula is C79H57N3S. The van der Waals surface area contributed by atoms with Crippen LogP contribution >= 0.6 is 10.0 Å². The first-order chi connectivity index (χ1) is 41.2. The number of rotatable bonds is 13. The molecule has 0 bridgehead atoms. The smallest absolute Gasteiger partial charge is 0.0713 e. The predicted molar refractivity (Wildman–Crippen MR) is 347 cm³/mol. The van der Waals surface area contributed by atoms with E-state index in [-0.39, 0.29) is 0 Å². The largest absolute Gasteiger partial charge is 0.310 e. The molecule has 3 nitrogen and oxygen atoms in total. The summed E-state index contributed by atoms with van der Waals surface area (Å²) >= 11 is 0. The fraction of sp³-hybridized carbons (Fsp3) is 0.0127. The molecule has 0 unspecified atom stereocenters. The van der Waals surface area contributed by atoms with Crippen LogP contribution in [0.4, 0.5) is 34.1 Å². The van der Waals surface area contributed by atoms with Crippen LogP contribution in [0.25, 0.3) is 38.6 Å². The Labute approximate surface area is 487 Å². The van der Waals surface area contributed by atoms with Gasteiger partial charge in [0.1, 0.15) is 0 Å². The molecule has 1 heterocycles. The summed E-state index contributed by atoms with van der Waals surface area (Å²) in [6.07, 6.45) is 0. The van der Waals surface area contributed by atoms with Crippen molar-refractivity contribution in [3.05, 3.63) is 368 Å². The minimum absolute atomic E-state index is 0.615. The number of nitrogens with zero attached hydrogens (tertiary/aromatic N) is 3. The van der Waals surface area contributed by atoms with Crippen LogP contribution in [-0.2, 0) is 5.41 Å². The highest BCUT2D eigenvalue weighted by Crippen LogP contribution is 2.73. The van der Waals surface area contributed by atoms with E-state index in [4.69, 9.17) is 0 Å². The lowest BCUT2D eigenvalue weighted by Gasteiger charge is -2.42. The number of benzene rings is 13. The van der Waals surface area contributed by atoms with Crippen molar-refractivity contribution in [3.8, 4) is 16.8 Å². The molecule has 0 spiro atoms. The van der Waals surface area contributed by atoms with Crippen molar-refractivity contribution in [2.45, 2.75) is 25.0 Å². The highest BCUT2D eigenvalue weighted by molar-refractivity contribution is 8.34. The summed E-state index contributed by atoms with van der Waals surface area (Å²) in [5, 5.41) is 2.33. The number of para-hydroxylation sites is 4. The van der Waals surface area contributed by atoms with E-state index in [9.17, 15) is 0 Å². The molecular weight excluding hydrogens is 1020 g/mol. The molecule has 0 aliphatic heterocycles. The van der Waals surface area contributed by atoms with Crippen molar-refractivity contribution in [3.63, 3.8) is 0 Å². The number of aromatic nitrogens is 1. The fourth-order valence-electron chi connectivity index (χ4n) is 13.2. The van der Waals surface area contributed by atoms with Gasteiger partial charge in [-0.15, -0.1) is 10.0 Å². The van der Waals surface area contributed by atoms with Gasteiger partial charge in [0.25, 0.3) is 0 Å².